The van der Waals surface area contributed by atoms with Crippen molar-refractivity contribution in [3.63, 3.8) is 0 Å². The summed E-state index contributed by atoms with van der Waals surface area (Å²) in [6.07, 6.45) is 0. The quantitative estimate of drug-likeness (QED) is 0.757. The molecule has 0 aliphatic rings. The van der Waals surface area contributed by atoms with Gasteiger partial charge in [-0.05, 0) is 37.5 Å². The fourth-order valence-electron chi connectivity index (χ4n) is 2.90. The van der Waals surface area contributed by atoms with Crippen LogP contribution in [-0.2, 0) is 0 Å². The van der Waals surface area contributed by atoms with Crippen LogP contribution < -0.4 is 5.56 Å². The van der Waals surface area contributed by atoms with E-state index in [0.29, 0.717) is 10.6 Å². The van der Waals surface area contributed by atoms with Gasteiger partial charge >= 0.3 is 0 Å². The van der Waals surface area contributed by atoms with E-state index in [1.807, 2.05) is 63.2 Å². The predicted molar refractivity (Wildman–Crippen MR) is 95.1 cm³/mol. The summed E-state index contributed by atoms with van der Waals surface area (Å²) in [7, 11) is 0. The van der Waals surface area contributed by atoms with E-state index in [1.165, 1.54) is 0 Å². The average molecular weight is 323 g/mol. The van der Waals surface area contributed by atoms with Crippen LogP contribution in [0.15, 0.2) is 47.3 Å². The summed E-state index contributed by atoms with van der Waals surface area (Å²) < 4.78 is 0. The molecule has 3 aromatic rings. The highest BCUT2D eigenvalue weighted by atomic mass is 32.1. The minimum Gasteiger partial charge on any atom is -0.499 e. The molecule has 4 heteroatoms. The Labute approximate surface area is 138 Å². The maximum absolute atomic E-state index is 12.6. The van der Waals surface area contributed by atoms with Crippen LogP contribution in [0.25, 0.3) is 21.7 Å². The van der Waals surface area contributed by atoms with Gasteiger partial charge < -0.3 is 5.11 Å². The van der Waals surface area contributed by atoms with Crippen LogP contribution in [0.1, 0.15) is 16.7 Å². The maximum atomic E-state index is 12.6. The molecule has 3 nitrogen and oxygen atoms in total. The van der Waals surface area contributed by atoms with Crippen molar-refractivity contribution in [1.82, 2.24) is 4.98 Å². The Morgan fingerprint density at radius 3 is 2.13 bits per heavy atom. The number of rotatable bonds is 2. The van der Waals surface area contributed by atoms with Crippen LogP contribution in [-0.4, -0.2) is 10.1 Å². The van der Waals surface area contributed by atoms with E-state index < -0.39 is 5.56 Å². The third-order valence-electron chi connectivity index (χ3n) is 3.77. The van der Waals surface area contributed by atoms with Gasteiger partial charge in [0, 0.05) is 5.56 Å². The van der Waals surface area contributed by atoms with E-state index in [9.17, 15) is 9.90 Å². The molecule has 0 saturated carbocycles. The molecule has 0 unspecified atom stereocenters. The zero-order valence-electron chi connectivity index (χ0n) is 13.3. The summed E-state index contributed by atoms with van der Waals surface area (Å²) in [6.45, 7) is 5.91. The second kappa shape index (κ2) is 5.97. The Morgan fingerprint density at radius 2 is 1.57 bits per heavy atom. The van der Waals surface area contributed by atoms with E-state index >= 15 is 0 Å². The SMILES string of the molecule is Cc1cc(C)c(-c2c(O)sc(-c3ccccc3)nc2=O)c(C)c1. The molecule has 0 amide bonds. The normalized spacial score (nSPS) is 10.7. The first-order chi connectivity index (χ1) is 11.0. The first-order valence-electron chi connectivity index (χ1n) is 7.35. The van der Waals surface area contributed by atoms with Gasteiger partial charge in [-0.3, -0.25) is 4.79 Å². The summed E-state index contributed by atoms with van der Waals surface area (Å²) in [5.41, 5.74) is 4.58. The summed E-state index contributed by atoms with van der Waals surface area (Å²) in [5.74, 6) is 0. The van der Waals surface area contributed by atoms with E-state index in [2.05, 4.69) is 4.98 Å². The molecule has 1 heterocycles. The molecule has 0 atom stereocenters. The predicted octanol–water partition coefficient (Wildman–Crippen LogP) is 4.47. The van der Waals surface area contributed by atoms with Crippen LogP contribution in [0.3, 0.4) is 0 Å². The highest BCUT2D eigenvalue weighted by Gasteiger charge is 2.18. The number of aromatic hydroxyl groups is 1. The van der Waals surface area contributed by atoms with E-state index in [-0.39, 0.29) is 5.06 Å². The molecule has 1 aromatic heterocycles. The molecular formula is C19H17NO2S. The fraction of sp³-hybridized carbons (Fsp3) is 0.158. The van der Waals surface area contributed by atoms with Crippen molar-refractivity contribution in [1.29, 1.82) is 0 Å². The minimum absolute atomic E-state index is 0.0129. The van der Waals surface area contributed by atoms with Crippen molar-refractivity contribution >= 4 is 11.3 Å². The number of nitrogens with zero attached hydrogens (tertiary/aromatic N) is 1. The second-order valence-corrected chi connectivity index (χ2v) is 6.62. The van der Waals surface area contributed by atoms with E-state index in [1.54, 1.807) is 0 Å². The van der Waals surface area contributed by atoms with Gasteiger partial charge in [-0.25, -0.2) is 0 Å². The average Bonchev–Trinajstić information content (AvgIpc) is 2.49. The second-order valence-electron chi connectivity index (χ2n) is 5.64. The topological polar surface area (TPSA) is 50.2 Å². The maximum Gasteiger partial charge on any atom is 0.283 e. The van der Waals surface area contributed by atoms with Crippen LogP contribution in [0.2, 0.25) is 0 Å². The van der Waals surface area contributed by atoms with Gasteiger partial charge in [0.25, 0.3) is 5.56 Å². The molecule has 0 aliphatic carbocycles. The minimum atomic E-state index is -0.393. The van der Waals surface area contributed by atoms with E-state index in [4.69, 9.17) is 0 Å². The number of hydrogen-bond donors (Lipinski definition) is 1. The summed E-state index contributed by atoms with van der Waals surface area (Å²) in [4.78, 5) is 16.7. The lowest BCUT2D eigenvalue weighted by Crippen LogP contribution is -2.10. The van der Waals surface area contributed by atoms with Crippen LogP contribution >= 0.6 is 11.3 Å². The Morgan fingerprint density at radius 1 is 0.957 bits per heavy atom. The molecule has 1 N–H and O–H groups in total. The number of aryl methyl sites for hydroxylation is 3. The molecule has 23 heavy (non-hydrogen) atoms. The molecule has 3 rings (SSSR count). The van der Waals surface area contributed by atoms with Crippen LogP contribution in [0, 0.1) is 20.8 Å². The molecule has 0 bridgehead atoms. The molecule has 116 valence electrons. The highest BCUT2D eigenvalue weighted by molar-refractivity contribution is 7.16. The zero-order valence-corrected chi connectivity index (χ0v) is 14.1. The van der Waals surface area contributed by atoms with Gasteiger partial charge in [-0.2, -0.15) is 4.98 Å². The Bertz CT molecular complexity index is 907. The number of benzene rings is 2. The van der Waals surface area contributed by atoms with Crippen molar-refractivity contribution < 1.29 is 5.11 Å². The Kier molecular flexibility index (Phi) is 4.01. The lowest BCUT2D eigenvalue weighted by Gasteiger charge is -2.12. The Hall–Kier alpha value is -2.46. The third kappa shape index (κ3) is 2.90. The van der Waals surface area contributed by atoms with Gasteiger partial charge in [0.15, 0.2) is 5.06 Å². The molecule has 0 aliphatic heterocycles. The van der Waals surface area contributed by atoms with Crippen molar-refractivity contribution in [2.75, 3.05) is 0 Å². The Balaban J connectivity index is 2.22. The molecular weight excluding hydrogens is 306 g/mol. The van der Waals surface area contributed by atoms with Gasteiger partial charge in [0.1, 0.15) is 10.6 Å². The van der Waals surface area contributed by atoms with Crippen LogP contribution in [0.4, 0.5) is 0 Å². The third-order valence-corrected chi connectivity index (χ3v) is 4.69. The molecule has 0 radical (unpaired) electrons. The smallest absolute Gasteiger partial charge is 0.283 e. The monoisotopic (exact) mass is 323 g/mol. The number of hydrogen-bond acceptors (Lipinski definition) is 4. The first kappa shape index (κ1) is 15.4. The van der Waals surface area contributed by atoms with Gasteiger partial charge in [-0.1, -0.05) is 59.4 Å². The van der Waals surface area contributed by atoms with Gasteiger partial charge in [-0.15, -0.1) is 0 Å². The summed E-state index contributed by atoms with van der Waals surface area (Å²) >= 11 is 1.13. The van der Waals surface area contributed by atoms with Gasteiger partial charge in [0.2, 0.25) is 0 Å². The summed E-state index contributed by atoms with van der Waals surface area (Å²) in [5, 5.41) is 11.0. The lowest BCUT2D eigenvalue weighted by molar-refractivity contribution is 0.491. The van der Waals surface area contributed by atoms with Crippen molar-refractivity contribution in [3.05, 3.63) is 69.5 Å². The molecule has 0 spiro atoms. The van der Waals surface area contributed by atoms with Crippen LogP contribution in [0.5, 0.6) is 5.06 Å². The fourth-order valence-corrected chi connectivity index (χ4v) is 3.75. The highest BCUT2D eigenvalue weighted by Crippen LogP contribution is 2.37. The standard InChI is InChI=1S/C19H17NO2S/c1-11-9-12(2)15(13(3)10-11)16-17(21)20-18(23-19(16)22)14-7-5-4-6-8-14/h4-10,22H,1-3H3. The van der Waals surface area contributed by atoms with Gasteiger partial charge in [0.05, 0.1) is 0 Å². The molecule has 0 saturated heterocycles. The zero-order chi connectivity index (χ0) is 16.6. The summed E-state index contributed by atoms with van der Waals surface area (Å²) in [6, 6.07) is 13.4. The van der Waals surface area contributed by atoms with E-state index in [0.717, 1.165) is 39.2 Å². The molecule has 0 fully saturated rings. The first-order valence-corrected chi connectivity index (χ1v) is 8.17. The van der Waals surface area contributed by atoms with Crippen molar-refractivity contribution in [3.8, 4) is 26.8 Å². The van der Waals surface area contributed by atoms with Crippen molar-refractivity contribution in [2.45, 2.75) is 20.8 Å². The molecule has 2 aromatic carbocycles. The van der Waals surface area contributed by atoms with Crippen molar-refractivity contribution in [2.24, 2.45) is 0 Å². The largest absolute Gasteiger partial charge is 0.499 e. The lowest BCUT2D eigenvalue weighted by atomic mass is 9.95. The number of aromatic nitrogens is 1.